The van der Waals surface area contributed by atoms with Gasteiger partial charge in [0.1, 0.15) is 0 Å². The van der Waals surface area contributed by atoms with Gasteiger partial charge in [0, 0.05) is 12.6 Å². The third-order valence-corrected chi connectivity index (χ3v) is 3.86. The van der Waals surface area contributed by atoms with Crippen LogP contribution in [0, 0.1) is 0 Å². The number of thioether (sulfide) groups is 1. The van der Waals surface area contributed by atoms with Crippen LogP contribution in [0.2, 0.25) is 0 Å². The van der Waals surface area contributed by atoms with Gasteiger partial charge < -0.3 is 9.88 Å². The Morgan fingerprint density at radius 2 is 2.00 bits per heavy atom. The summed E-state index contributed by atoms with van der Waals surface area (Å²) in [5, 5.41) is 11.8. The van der Waals surface area contributed by atoms with Crippen LogP contribution in [-0.2, 0) is 20.0 Å². The van der Waals surface area contributed by atoms with E-state index in [-0.39, 0.29) is 5.91 Å². The van der Waals surface area contributed by atoms with E-state index in [4.69, 9.17) is 0 Å². The number of amides is 1. The van der Waals surface area contributed by atoms with Gasteiger partial charge in [-0.2, -0.15) is 0 Å². The number of rotatable bonds is 5. The molecule has 0 unspecified atom stereocenters. The Kier molecular flexibility index (Phi) is 4.79. The van der Waals surface area contributed by atoms with Gasteiger partial charge in [-0.15, -0.1) is 10.2 Å². The number of aryl methyl sites for hydroxylation is 1. The van der Waals surface area contributed by atoms with Crippen LogP contribution in [0.15, 0.2) is 29.4 Å². The van der Waals surface area contributed by atoms with Crippen molar-refractivity contribution in [3.8, 4) is 0 Å². The zero-order valence-electron chi connectivity index (χ0n) is 11.9. The molecule has 0 saturated carbocycles. The molecule has 1 aromatic heterocycles. The normalized spacial score (nSPS) is 10.6. The quantitative estimate of drug-likeness (QED) is 0.856. The predicted octanol–water partition coefficient (Wildman–Crippen LogP) is 2.03. The number of aromatic nitrogens is 3. The van der Waals surface area contributed by atoms with Gasteiger partial charge in [0.25, 0.3) is 5.91 Å². The first-order valence-corrected chi connectivity index (χ1v) is 7.67. The third kappa shape index (κ3) is 3.19. The molecule has 0 radical (unpaired) electrons. The van der Waals surface area contributed by atoms with Crippen LogP contribution in [0.1, 0.15) is 28.7 Å². The molecule has 0 aliphatic carbocycles. The molecule has 1 heterocycles. The lowest BCUT2D eigenvalue weighted by molar-refractivity contribution is 0.0949. The molecule has 6 heteroatoms. The summed E-state index contributed by atoms with van der Waals surface area (Å²) in [6.45, 7) is 2.46. The molecule has 2 rings (SSSR count). The molecule has 2 aromatic rings. The minimum absolute atomic E-state index is 0.0960. The topological polar surface area (TPSA) is 59.8 Å². The first kappa shape index (κ1) is 14.6. The zero-order valence-corrected chi connectivity index (χ0v) is 12.7. The smallest absolute Gasteiger partial charge is 0.251 e. The Morgan fingerprint density at radius 1 is 1.30 bits per heavy atom. The number of carbonyl (C=O) groups is 1. The van der Waals surface area contributed by atoms with Crippen LogP contribution in [0.5, 0.6) is 0 Å². The molecule has 5 nitrogen and oxygen atoms in total. The number of benzene rings is 1. The second kappa shape index (κ2) is 6.56. The van der Waals surface area contributed by atoms with Gasteiger partial charge in [-0.1, -0.05) is 30.8 Å². The average molecular weight is 290 g/mol. The van der Waals surface area contributed by atoms with Gasteiger partial charge in [0.15, 0.2) is 11.0 Å². The summed E-state index contributed by atoms with van der Waals surface area (Å²) in [5.74, 6) is 0.647. The minimum atomic E-state index is -0.0960. The van der Waals surface area contributed by atoms with Crippen molar-refractivity contribution in [2.45, 2.75) is 25.0 Å². The molecule has 1 aromatic carbocycles. The fourth-order valence-electron chi connectivity index (χ4n) is 1.83. The summed E-state index contributed by atoms with van der Waals surface area (Å²) in [6.07, 6.45) is 2.92. The molecule has 0 saturated heterocycles. The Balaban J connectivity index is 1.98. The predicted molar refractivity (Wildman–Crippen MR) is 79.8 cm³/mol. The van der Waals surface area contributed by atoms with Crippen molar-refractivity contribution in [1.82, 2.24) is 20.1 Å². The molecule has 1 N–H and O–H groups in total. The largest absolute Gasteiger partial charge is 0.345 e. The SMILES string of the molecule is CCc1ccc(C(=O)NCc2nnc(SC)n2C)cc1. The average Bonchev–Trinajstić information content (AvgIpc) is 2.85. The lowest BCUT2D eigenvalue weighted by Gasteiger charge is -2.06. The van der Waals surface area contributed by atoms with Crippen LogP contribution in [0.3, 0.4) is 0 Å². The van der Waals surface area contributed by atoms with Crippen molar-refractivity contribution in [3.63, 3.8) is 0 Å². The molecule has 20 heavy (non-hydrogen) atoms. The highest BCUT2D eigenvalue weighted by molar-refractivity contribution is 7.98. The van der Waals surface area contributed by atoms with E-state index < -0.39 is 0 Å². The van der Waals surface area contributed by atoms with Crippen molar-refractivity contribution in [3.05, 3.63) is 41.2 Å². The number of carbonyl (C=O) groups excluding carboxylic acids is 1. The van der Waals surface area contributed by atoms with Gasteiger partial charge in [0.2, 0.25) is 0 Å². The maximum Gasteiger partial charge on any atom is 0.251 e. The Labute approximate surface area is 122 Å². The molecular formula is C14H18N4OS. The molecule has 0 bridgehead atoms. The summed E-state index contributed by atoms with van der Waals surface area (Å²) in [5.41, 5.74) is 1.88. The standard InChI is InChI=1S/C14H18N4OS/c1-4-10-5-7-11(8-6-10)13(19)15-9-12-16-17-14(20-3)18(12)2/h5-8H,4,9H2,1-3H3,(H,15,19). The Morgan fingerprint density at radius 3 is 2.55 bits per heavy atom. The van der Waals surface area contributed by atoms with E-state index in [1.807, 2.05) is 42.1 Å². The second-order valence-electron chi connectivity index (χ2n) is 4.40. The van der Waals surface area contributed by atoms with Gasteiger partial charge in [0.05, 0.1) is 6.54 Å². The zero-order chi connectivity index (χ0) is 14.5. The molecule has 1 amide bonds. The summed E-state index contributed by atoms with van der Waals surface area (Å²) in [7, 11) is 1.89. The highest BCUT2D eigenvalue weighted by Gasteiger charge is 2.10. The fraction of sp³-hybridized carbons (Fsp3) is 0.357. The van der Waals surface area contributed by atoms with Crippen LogP contribution < -0.4 is 5.32 Å². The lowest BCUT2D eigenvalue weighted by Crippen LogP contribution is -2.24. The van der Waals surface area contributed by atoms with E-state index in [0.717, 1.165) is 17.4 Å². The van der Waals surface area contributed by atoms with Gasteiger partial charge in [-0.25, -0.2) is 0 Å². The molecule has 0 spiro atoms. The lowest BCUT2D eigenvalue weighted by atomic mass is 10.1. The summed E-state index contributed by atoms with van der Waals surface area (Å²) in [6, 6.07) is 7.64. The molecule has 0 aliphatic rings. The van der Waals surface area contributed by atoms with Crippen LogP contribution in [0.25, 0.3) is 0 Å². The van der Waals surface area contributed by atoms with Crippen LogP contribution in [0.4, 0.5) is 0 Å². The van der Waals surface area contributed by atoms with E-state index in [1.165, 1.54) is 17.3 Å². The highest BCUT2D eigenvalue weighted by Crippen LogP contribution is 2.11. The number of nitrogens with zero attached hydrogens (tertiary/aromatic N) is 3. The van der Waals surface area contributed by atoms with Crippen molar-refractivity contribution < 1.29 is 4.79 Å². The molecule has 0 fully saturated rings. The first-order valence-electron chi connectivity index (χ1n) is 6.45. The minimum Gasteiger partial charge on any atom is -0.345 e. The van der Waals surface area contributed by atoms with Crippen molar-refractivity contribution in [1.29, 1.82) is 0 Å². The van der Waals surface area contributed by atoms with Crippen molar-refractivity contribution in [2.24, 2.45) is 7.05 Å². The van der Waals surface area contributed by atoms with E-state index in [0.29, 0.717) is 12.1 Å². The first-order chi connectivity index (χ1) is 9.65. The summed E-state index contributed by atoms with van der Waals surface area (Å²) < 4.78 is 1.88. The third-order valence-electron chi connectivity index (χ3n) is 3.14. The molecular weight excluding hydrogens is 272 g/mol. The molecule has 0 atom stereocenters. The monoisotopic (exact) mass is 290 g/mol. The van der Waals surface area contributed by atoms with Crippen LogP contribution >= 0.6 is 11.8 Å². The van der Waals surface area contributed by atoms with E-state index in [9.17, 15) is 4.79 Å². The number of hydrogen-bond acceptors (Lipinski definition) is 4. The van der Waals surface area contributed by atoms with E-state index in [2.05, 4.69) is 22.4 Å². The Hall–Kier alpha value is -1.82. The fourth-order valence-corrected chi connectivity index (χ4v) is 2.33. The van der Waals surface area contributed by atoms with Crippen molar-refractivity contribution >= 4 is 17.7 Å². The molecule has 0 aliphatic heterocycles. The van der Waals surface area contributed by atoms with Crippen molar-refractivity contribution in [2.75, 3.05) is 6.26 Å². The highest BCUT2D eigenvalue weighted by atomic mass is 32.2. The second-order valence-corrected chi connectivity index (χ2v) is 5.17. The van der Waals surface area contributed by atoms with Crippen LogP contribution in [-0.4, -0.2) is 26.9 Å². The van der Waals surface area contributed by atoms with E-state index in [1.54, 1.807) is 0 Å². The van der Waals surface area contributed by atoms with Gasteiger partial charge in [-0.3, -0.25) is 4.79 Å². The van der Waals surface area contributed by atoms with Gasteiger partial charge >= 0.3 is 0 Å². The summed E-state index contributed by atoms with van der Waals surface area (Å²) >= 11 is 1.53. The maximum atomic E-state index is 12.0. The number of nitrogens with one attached hydrogen (secondary N) is 1. The Bertz CT molecular complexity index is 592. The number of hydrogen-bond donors (Lipinski definition) is 1. The molecule has 106 valence electrons. The summed E-state index contributed by atoms with van der Waals surface area (Å²) in [4.78, 5) is 12.0. The van der Waals surface area contributed by atoms with E-state index >= 15 is 0 Å². The maximum absolute atomic E-state index is 12.0. The van der Waals surface area contributed by atoms with Gasteiger partial charge in [-0.05, 0) is 30.4 Å².